The van der Waals surface area contributed by atoms with E-state index in [0.717, 1.165) is 17.3 Å². The van der Waals surface area contributed by atoms with Crippen molar-refractivity contribution in [2.24, 2.45) is 5.10 Å². The predicted octanol–water partition coefficient (Wildman–Crippen LogP) is 2.84. The molecular weight excluding hydrogens is 442 g/mol. The number of hydrogen-bond acceptors (Lipinski definition) is 9. The molecule has 2 aromatic carbocycles. The molecule has 1 aromatic heterocycles. The monoisotopic (exact) mass is 461 g/mol. The van der Waals surface area contributed by atoms with Crippen LogP contribution < -0.4 is 26.1 Å². The molecule has 0 radical (unpaired) electrons. The van der Waals surface area contributed by atoms with Gasteiger partial charge in [0, 0.05) is 11.1 Å². The maximum atomic E-state index is 12.3. The standard InChI is InChI=1S/C19H20ClN7O3S/c1-29-14-7-8-16(30-2)15(9-14)23-17(28)11-31-19-26-25-18(27(19)21)24-22-10-12-3-5-13(20)6-4-12/h3-10H,11,21H2,1-2H3,(H,23,28)(H,24,25)/b22-10+. The maximum Gasteiger partial charge on any atom is 0.264 e. The Hall–Kier alpha value is -3.44. The highest BCUT2D eigenvalue weighted by Gasteiger charge is 2.14. The number of halogens is 1. The lowest BCUT2D eigenvalue weighted by atomic mass is 10.2. The van der Waals surface area contributed by atoms with Gasteiger partial charge in [-0.1, -0.05) is 35.5 Å². The smallest absolute Gasteiger partial charge is 0.264 e. The van der Waals surface area contributed by atoms with E-state index in [4.69, 9.17) is 26.9 Å². The highest BCUT2D eigenvalue weighted by atomic mass is 35.5. The molecule has 10 nitrogen and oxygen atoms in total. The fraction of sp³-hybridized carbons (Fsp3) is 0.158. The molecule has 1 amide bonds. The van der Waals surface area contributed by atoms with Gasteiger partial charge in [0.05, 0.1) is 31.9 Å². The first kappa shape index (κ1) is 22.2. The van der Waals surface area contributed by atoms with Gasteiger partial charge in [0.25, 0.3) is 5.95 Å². The van der Waals surface area contributed by atoms with Gasteiger partial charge in [-0.15, -0.1) is 10.2 Å². The molecule has 3 rings (SSSR count). The predicted molar refractivity (Wildman–Crippen MR) is 122 cm³/mol. The Morgan fingerprint density at radius 2 is 2.00 bits per heavy atom. The molecule has 0 aliphatic carbocycles. The van der Waals surface area contributed by atoms with E-state index in [1.54, 1.807) is 43.7 Å². The SMILES string of the molecule is COc1ccc(OC)c(NC(=O)CSc2nnc(N/N=C/c3ccc(Cl)cc3)n2N)c1. The Balaban J connectivity index is 1.56. The Bertz CT molecular complexity index is 1070. The van der Waals surface area contributed by atoms with Crippen molar-refractivity contribution in [1.29, 1.82) is 0 Å². The molecule has 1 heterocycles. The summed E-state index contributed by atoms with van der Waals surface area (Å²) in [5.41, 5.74) is 4.06. The van der Waals surface area contributed by atoms with Gasteiger partial charge >= 0.3 is 0 Å². The Kier molecular flexibility index (Phi) is 7.57. The fourth-order valence-electron chi connectivity index (χ4n) is 2.39. The first-order valence-corrected chi connectivity index (χ1v) is 10.3. The van der Waals surface area contributed by atoms with Crippen molar-refractivity contribution in [3.8, 4) is 11.5 Å². The van der Waals surface area contributed by atoms with Crippen LogP contribution in [0.15, 0.2) is 52.7 Å². The van der Waals surface area contributed by atoms with Gasteiger partial charge in [0.2, 0.25) is 11.1 Å². The summed E-state index contributed by atoms with van der Waals surface area (Å²) in [6, 6.07) is 12.3. The molecule has 12 heteroatoms. The lowest BCUT2D eigenvalue weighted by Crippen LogP contribution is -2.17. The van der Waals surface area contributed by atoms with Crippen LogP contribution in [0.25, 0.3) is 0 Å². The number of rotatable bonds is 9. The topological polar surface area (TPSA) is 129 Å². The van der Waals surface area contributed by atoms with Gasteiger partial charge in [-0.25, -0.2) is 10.1 Å². The molecule has 4 N–H and O–H groups in total. The zero-order valence-electron chi connectivity index (χ0n) is 16.7. The number of nitrogen functional groups attached to an aromatic ring is 1. The molecule has 0 bridgehead atoms. The third-order valence-electron chi connectivity index (χ3n) is 3.93. The van der Waals surface area contributed by atoms with Crippen molar-refractivity contribution < 1.29 is 14.3 Å². The molecule has 31 heavy (non-hydrogen) atoms. The largest absolute Gasteiger partial charge is 0.497 e. The Morgan fingerprint density at radius 3 is 2.71 bits per heavy atom. The van der Waals surface area contributed by atoms with Crippen LogP contribution >= 0.6 is 23.4 Å². The second-order valence-corrected chi connectivity index (χ2v) is 7.38. The number of amides is 1. The summed E-state index contributed by atoms with van der Waals surface area (Å²) in [6.07, 6.45) is 1.59. The lowest BCUT2D eigenvalue weighted by Gasteiger charge is -2.11. The lowest BCUT2D eigenvalue weighted by molar-refractivity contribution is -0.113. The molecule has 0 saturated heterocycles. The summed E-state index contributed by atoms with van der Waals surface area (Å²) < 4.78 is 11.6. The first-order valence-electron chi connectivity index (χ1n) is 8.90. The molecule has 0 saturated carbocycles. The van der Waals surface area contributed by atoms with Crippen LogP contribution in [0.5, 0.6) is 11.5 Å². The van der Waals surface area contributed by atoms with E-state index in [9.17, 15) is 4.79 Å². The van der Waals surface area contributed by atoms with Crippen LogP contribution in [0, 0.1) is 0 Å². The van der Waals surface area contributed by atoms with Gasteiger partial charge in [-0.3, -0.25) is 4.79 Å². The van der Waals surface area contributed by atoms with E-state index in [1.165, 1.54) is 11.8 Å². The number of thioether (sulfide) groups is 1. The summed E-state index contributed by atoms with van der Waals surface area (Å²) in [6.45, 7) is 0. The number of nitrogens with one attached hydrogen (secondary N) is 2. The average molecular weight is 462 g/mol. The van der Waals surface area contributed by atoms with Crippen LogP contribution in [-0.2, 0) is 4.79 Å². The van der Waals surface area contributed by atoms with Gasteiger partial charge in [-0.05, 0) is 29.8 Å². The number of hydrazone groups is 1. The molecule has 0 atom stereocenters. The van der Waals surface area contributed by atoms with E-state index in [2.05, 4.69) is 26.0 Å². The molecular formula is C19H20ClN7O3S. The third kappa shape index (κ3) is 6.03. The molecule has 0 spiro atoms. The van der Waals surface area contributed by atoms with Crippen LogP contribution in [0.4, 0.5) is 11.6 Å². The first-order chi connectivity index (χ1) is 15.0. The maximum absolute atomic E-state index is 12.3. The van der Waals surface area contributed by atoms with Crippen molar-refractivity contribution in [2.45, 2.75) is 5.16 Å². The second kappa shape index (κ2) is 10.5. The zero-order chi connectivity index (χ0) is 22.2. The van der Waals surface area contributed by atoms with Crippen LogP contribution in [0.2, 0.25) is 5.02 Å². The third-order valence-corrected chi connectivity index (χ3v) is 5.12. The van der Waals surface area contributed by atoms with Gasteiger partial charge < -0.3 is 20.6 Å². The Morgan fingerprint density at radius 1 is 1.23 bits per heavy atom. The summed E-state index contributed by atoms with van der Waals surface area (Å²) in [5, 5.41) is 15.7. The molecule has 0 unspecified atom stereocenters. The number of anilines is 2. The normalized spacial score (nSPS) is 10.8. The number of aromatic nitrogens is 3. The number of carbonyl (C=O) groups is 1. The number of benzene rings is 2. The summed E-state index contributed by atoms with van der Waals surface area (Å²) in [4.78, 5) is 12.3. The number of carbonyl (C=O) groups excluding carboxylic acids is 1. The van der Waals surface area contributed by atoms with E-state index >= 15 is 0 Å². The Labute approximate surface area is 187 Å². The zero-order valence-corrected chi connectivity index (χ0v) is 18.3. The number of nitrogens with two attached hydrogens (primary N) is 1. The van der Waals surface area contributed by atoms with Gasteiger partial charge in [0.1, 0.15) is 11.5 Å². The van der Waals surface area contributed by atoms with Crippen molar-refractivity contribution in [3.05, 3.63) is 53.1 Å². The van der Waals surface area contributed by atoms with E-state index in [0.29, 0.717) is 27.4 Å². The van der Waals surface area contributed by atoms with E-state index in [-0.39, 0.29) is 17.6 Å². The minimum absolute atomic E-state index is 0.0593. The van der Waals surface area contributed by atoms with E-state index in [1.807, 2.05) is 12.1 Å². The fourth-order valence-corrected chi connectivity index (χ4v) is 3.18. The van der Waals surface area contributed by atoms with Gasteiger partial charge in [-0.2, -0.15) is 5.10 Å². The highest BCUT2D eigenvalue weighted by Crippen LogP contribution is 2.29. The van der Waals surface area contributed by atoms with Crippen molar-refractivity contribution >= 4 is 47.1 Å². The van der Waals surface area contributed by atoms with Crippen LogP contribution in [0.3, 0.4) is 0 Å². The average Bonchev–Trinajstić information content (AvgIpc) is 3.13. The summed E-state index contributed by atoms with van der Waals surface area (Å²) >= 11 is 6.97. The van der Waals surface area contributed by atoms with Crippen LogP contribution in [0.1, 0.15) is 5.56 Å². The molecule has 0 fully saturated rings. The summed E-state index contributed by atoms with van der Waals surface area (Å²) in [7, 11) is 3.07. The number of nitrogens with zero attached hydrogens (tertiary/aromatic N) is 4. The highest BCUT2D eigenvalue weighted by molar-refractivity contribution is 7.99. The van der Waals surface area contributed by atoms with Crippen molar-refractivity contribution in [3.63, 3.8) is 0 Å². The molecule has 0 aliphatic rings. The van der Waals surface area contributed by atoms with E-state index < -0.39 is 0 Å². The minimum Gasteiger partial charge on any atom is -0.497 e. The quantitative estimate of drug-likeness (QED) is 0.192. The number of methoxy groups -OCH3 is 2. The minimum atomic E-state index is -0.269. The number of ether oxygens (including phenoxy) is 2. The van der Waals surface area contributed by atoms with Gasteiger partial charge in [0.15, 0.2) is 0 Å². The second-order valence-electron chi connectivity index (χ2n) is 6.00. The van der Waals surface area contributed by atoms with Crippen LogP contribution in [-0.4, -0.2) is 47.0 Å². The molecule has 162 valence electrons. The molecule has 0 aliphatic heterocycles. The van der Waals surface area contributed by atoms with Crippen molar-refractivity contribution in [1.82, 2.24) is 14.9 Å². The number of hydrogen-bond donors (Lipinski definition) is 3. The van der Waals surface area contributed by atoms with Crippen molar-refractivity contribution in [2.75, 3.05) is 36.6 Å². The molecule has 3 aromatic rings. The summed E-state index contributed by atoms with van der Waals surface area (Å²) in [5.74, 6) is 7.11.